The summed E-state index contributed by atoms with van der Waals surface area (Å²) < 4.78 is 5.11. The molecule has 0 saturated heterocycles. The van der Waals surface area contributed by atoms with E-state index >= 15 is 0 Å². The Balaban J connectivity index is 1.75. The molecule has 1 amide bonds. The number of aryl methyl sites for hydroxylation is 3. The number of amides is 1. The van der Waals surface area contributed by atoms with Gasteiger partial charge in [-0.3, -0.25) is 4.79 Å². The molecule has 0 N–H and O–H groups in total. The summed E-state index contributed by atoms with van der Waals surface area (Å²) in [6.45, 7) is 4.66. The molecule has 1 aliphatic heterocycles. The van der Waals surface area contributed by atoms with Crippen LogP contribution in [0.3, 0.4) is 0 Å². The van der Waals surface area contributed by atoms with Crippen LogP contribution in [0.5, 0.6) is 0 Å². The zero-order chi connectivity index (χ0) is 16.0. The Labute approximate surface area is 133 Å². The highest BCUT2D eigenvalue weighted by Crippen LogP contribution is 2.29. The van der Waals surface area contributed by atoms with E-state index in [1.165, 1.54) is 11.1 Å². The lowest BCUT2D eigenvalue weighted by Gasteiger charge is -2.29. The number of benzene rings is 1. The summed E-state index contributed by atoms with van der Waals surface area (Å²) in [6, 6.07) is 8.08. The summed E-state index contributed by atoms with van der Waals surface area (Å²) >= 11 is 0. The van der Waals surface area contributed by atoms with Gasteiger partial charge in [0.05, 0.1) is 16.6 Å². The number of aromatic nitrogens is 2. The molecule has 5 heteroatoms. The van der Waals surface area contributed by atoms with Crippen molar-refractivity contribution in [2.24, 2.45) is 0 Å². The van der Waals surface area contributed by atoms with Gasteiger partial charge in [-0.1, -0.05) is 22.9 Å². The van der Waals surface area contributed by atoms with Crippen molar-refractivity contribution in [1.29, 1.82) is 0 Å². The van der Waals surface area contributed by atoms with E-state index in [2.05, 4.69) is 29.2 Å². The number of nitrogens with zero attached hydrogens (tertiary/aromatic N) is 3. The molecular formula is C18H17N3O2. The van der Waals surface area contributed by atoms with E-state index in [1.54, 1.807) is 6.20 Å². The molecule has 23 heavy (non-hydrogen) atoms. The van der Waals surface area contributed by atoms with Gasteiger partial charge in [0, 0.05) is 18.4 Å². The Morgan fingerprint density at radius 3 is 3.00 bits per heavy atom. The standard InChI is InChI=1S/C18H17N3O2/c1-11-5-6-16-13(8-11)4-3-7-21(16)18(22)14-9-15-12(2)20-23-17(15)19-10-14/h5-6,8-10H,3-4,7H2,1-2H3. The first-order valence-corrected chi connectivity index (χ1v) is 7.77. The van der Waals surface area contributed by atoms with Crippen LogP contribution in [-0.2, 0) is 6.42 Å². The average Bonchev–Trinajstić information content (AvgIpc) is 2.94. The lowest BCUT2D eigenvalue weighted by molar-refractivity contribution is 0.0985. The zero-order valence-electron chi connectivity index (χ0n) is 13.2. The first kappa shape index (κ1) is 13.9. The number of fused-ring (bicyclic) bond motifs is 2. The molecule has 0 spiro atoms. The second-order valence-corrected chi connectivity index (χ2v) is 6.04. The Morgan fingerprint density at radius 2 is 2.13 bits per heavy atom. The summed E-state index contributed by atoms with van der Waals surface area (Å²) in [7, 11) is 0. The zero-order valence-corrected chi connectivity index (χ0v) is 13.2. The Morgan fingerprint density at radius 1 is 1.26 bits per heavy atom. The second-order valence-electron chi connectivity index (χ2n) is 6.04. The Bertz CT molecular complexity index is 914. The molecule has 116 valence electrons. The Kier molecular flexibility index (Phi) is 3.15. The maximum Gasteiger partial charge on any atom is 0.259 e. The van der Waals surface area contributed by atoms with Crippen molar-refractivity contribution in [3.63, 3.8) is 0 Å². The molecular weight excluding hydrogens is 290 g/mol. The molecule has 1 aliphatic rings. The van der Waals surface area contributed by atoms with Crippen molar-refractivity contribution >= 4 is 22.7 Å². The van der Waals surface area contributed by atoms with E-state index in [9.17, 15) is 4.79 Å². The average molecular weight is 307 g/mol. The maximum absolute atomic E-state index is 13.0. The molecule has 0 fully saturated rings. The van der Waals surface area contributed by atoms with Crippen LogP contribution in [0.25, 0.3) is 11.1 Å². The van der Waals surface area contributed by atoms with E-state index in [4.69, 9.17) is 4.52 Å². The van der Waals surface area contributed by atoms with Gasteiger partial charge in [0.15, 0.2) is 0 Å². The summed E-state index contributed by atoms with van der Waals surface area (Å²) in [5.74, 6) is -0.0233. The van der Waals surface area contributed by atoms with Crippen LogP contribution < -0.4 is 4.90 Å². The predicted molar refractivity (Wildman–Crippen MR) is 87.7 cm³/mol. The van der Waals surface area contributed by atoms with Crippen molar-refractivity contribution in [2.45, 2.75) is 26.7 Å². The van der Waals surface area contributed by atoms with Gasteiger partial charge in [0.1, 0.15) is 0 Å². The van der Waals surface area contributed by atoms with Crippen molar-refractivity contribution in [3.8, 4) is 0 Å². The van der Waals surface area contributed by atoms with Crippen LogP contribution in [0.2, 0.25) is 0 Å². The summed E-state index contributed by atoms with van der Waals surface area (Å²) in [4.78, 5) is 19.0. The third-order valence-corrected chi connectivity index (χ3v) is 4.36. The van der Waals surface area contributed by atoms with Gasteiger partial charge in [-0.15, -0.1) is 0 Å². The van der Waals surface area contributed by atoms with Gasteiger partial charge >= 0.3 is 0 Å². The quantitative estimate of drug-likeness (QED) is 0.691. The van der Waals surface area contributed by atoms with E-state index < -0.39 is 0 Å². The van der Waals surface area contributed by atoms with Gasteiger partial charge in [0.25, 0.3) is 11.6 Å². The van der Waals surface area contributed by atoms with Crippen molar-refractivity contribution in [2.75, 3.05) is 11.4 Å². The molecule has 0 radical (unpaired) electrons. The second kappa shape index (κ2) is 5.19. The van der Waals surface area contributed by atoms with Gasteiger partial charge in [-0.05, 0) is 44.4 Å². The number of pyridine rings is 1. The molecule has 0 unspecified atom stereocenters. The lowest BCUT2D eigenvalue weighted by atomic mass is 9.99. The van der Waals surface area contributed by atoms with Crippen LogP contribution in [0.1, 0.15) is 33.6 Å². The normalized spacial score (nSPS) is 14.1. The first-order chi connectivity index (χ1) is 11.1. The van der Waals surface area contributed by atoms with Gasteiger partial charge in [-0.25, -0.2) is 4.98 Å². The fourth-order valence-electron chi connectivity index (χ4n) is 3.15. The van der Waals surface area contributed by atoms with Crippen molar-refractivity contribution in [3.05, 3.63) is 52.8 Å². The fourth-order valence-corrected chi connectivity index (χ4v) is 3.15. The van der Waals surface area contributed by atoms with Gasteiger partial charge < -0.3 is 9.42 Å². The van der Waals surface area contributed by atoms with Crippen LogP contribution >= 0.6 is 0 Å². The first-order valence-electron chi connectivity index (χ1n) is 7.77. The molecule has 0 saturated carbocycles. The molecule has 3 heterocycles. The van der Waals surface area contributed by atoms with Crippen molar-refractivity contribution < 1.29 is 9.32 Å². The van der Waals surface area contributed by atoms with E-state index in [1.807, 2.05) is 24.0 Å². The van der Waals surface area contributed by atoms with Crippen LogP contribution in [0, 0.1) is 13.8 Å². The summed E-state index contributed by atoms with van der Waals surface area (Å²) in [5, 5.41) is 4.68. The summed E-state index contributed by atoms with van der Waals surface area (Å²) in [5.41, 5.74) is 5.25. The molecule has 0 aliphatic carbocycles. The van der Waals surface area contributed by atoms with E-state index in [-0.39, 0.29) is 5.91 Å². The SMILES string of the molecule is Cc1ccc2c(c1)CCCN2C(=O)c1cnc2onc(C)c2c1. The molecule has 2 aromatic heterocycles. The van der Waals surface area contributed by atoms with Crippen LogP contribution in [-0.4, -0.2) is 22.6 Å². The fraction of sp³-hybridized carbons (Fsp3) is 0.278. The smallest absolute Gasteiger partial charge is 0.259 e. The molecule has 3 aromatic rings. The molecule has 0 bridgehead atoms. The highest BCUT2D eigenvalue weighted by molar-refractivity contribution is 6.08. The van der Waals surface area contributed by atoms with E-state index in [0.29, 0.717) is 11.3 Å². The van der Waals surface area contributed by atoms with Gasteiger partial charge in [-0.2, -0.15) is 0 Å². The third kappa shape index (κ3) is 2.29. The minimum atomic E-state index is -0.0233. The minimum Gasteiger partial charge on any atom is -0.336 e. The molecule has 0 atom stereocenters. The number of hydrogen-bond donors (Lipinski definition) is 0. The largest absolute Gasteiger partial charge is 0.336 e. The summed E-state index contributed by atoms with van der Waals surface area (Å²) in [6.07, 6.45) is 3.56. The number of carbonyl (C=O) groups is 1. The molecule has 5 nitrogen and oxygen atoms in total. The van der Waals surface area contributed by atoms with Crippen molar-refractivity contribution in [1.82, 2.24) is 10.1 Å². The number of carbonyl (C=O) groups excluding carboxylic acids is 1. The number of anilines is 1. The third-order valence-electron chi connectivity index (χ3n) is 4.36. The van der Waals surface area contributed by atoms with Gasteiger partial charge in [0.2, 0.25) is 0 Å². The Hall–Kier alpha value is -2.69. The van der Waals surface area contributed by atoms with Crippen LogP contribution in [0.4, 0.5) is 5.69 Å². The highest BCUT2D eigenvalue weighted by Gasteiger charge is 2.24. The van der Waals surface area contributed by atoms with Crippen LogP contribution in [0.15, 0.2) is 35.0 Å². The number of hydrogen-bond acceptors (Lipinski definition) is 4. The minimum absolute atomic E-state index is 0.0233. The monoisotopic (exact) mass is 307 g/mol. The van der Waals surface area contributed by atoms with E-state index in [0.717, 1.165) is 36.2 Å². The number of rotatable bonds is 1. The topological polar surface area (TPSA) is 59.2 Å². The molecule has 4 rings (SSSR count). The lowest BCUT2D eigenvalue weighted by Crippen LogP contribution is -2.35. The highest BCUT2D eigenvalue weighted by atomic mass is 16.5. The molecule has 1 aromatic carbocycles. The predicted octanol–water partition coefficient (Wildman–Crippen LogP) is 3.43. The maximum atomic E-state index is 13.0.